The van der Waals surface area contributed by atoms with Crippen LogP contribution in [0.4, 0.5) is 15.9 Å². The fourth-order valence-electron chi connectivity index (χ4n) is 7.08. The second-order valence-electron chi connectivity index (χ2n) is 11.3. The molecular weight excluding hydrogens is 526 g/mol. The van der Waals surface area contributed by atoms with E-state index in [2.05, 4.69) is 20.1 Å². The fraction of sp³-hybridized carbons (Fsp3) is 0.500. The molecule has 0 spiro atoms. The minimum absolute atomic E-state index is 0.0332. The van der Waals surface area contributed by atoms with Crippen molar-refractivity contribution < 1.29 is 9.13 Å². The maximum Gasteiger partial charge on any atom is 0.319 e. The summed E-state index contributed by atoms with van der Waals surface area (Å²) < 4.78 is 22.7. The molecular formula is C28H31Cl2FN6O. The number of halogens is 3. The summed E-state index contributed by atoms with van der Waals surface area (Å²) in [6.45, 7) is 4.31. The van der Waals surface area contributed by atoms with E-state index in [1.807, 2.05) is 0 Å². The van der Waals surface area contributed by atoms with Crippen molar-refractivity contribution in [3.8, 4) is 17.1 Å². The Labute approximate surface area is 231 Å². The van der Waals surface area contributed by atoms with Crippen LogP contribution in [0, 0.1) is 5.82 Å². The molecule has 4 aliphatic rings. The summed E-state index contributed by atoms with van der Waals surface area (Å²) in [5, 5.41) is 4.84. The van der Waals surface area contributed by atoms with Gasteiger partial charge in [-0.25, -0.2) is 4.39 Å². The highest BCUT2D eigenvalue weighted by Gasteiger charge is 2.45. The second-order valence-corrected chi connectivity index (χ2v) is 12.1. The van der Waals surface area contributed by atoms with E-state index >= 15 is 4.39 Å². The molecule has 4 saturated heterocycles. The summed E-state index contributed by atoms with van der Waals surface area (Å²) in [5.74, 6) is 0.120. The molecule has 1 aromatic heterocycles. The lowest BCUT2D eigenvalue weighted by molar-refractivity contribution is 0.108. The number of hydrogen-bond donors (Lipinski definition) is 2. The van der Waals surface area contributed by atoms with Crippen LogP contribution < -0.4 is 20.7 Å². The number of nitrogen functional groups attached to an aromatic ring is 1. The standard InChI is InChI=1S/C28H31Cl2FN6O/c29-21-6-3-16(32)11-19(21)23-22(30)12-20-25(24(23)31)34-27(38-15-28-7-1-9-37(28)10-2-8-28)35-26(20)36-13-17-4-5-18(14-36)33-17/h3,6,11-12,17-18,33H,1-2,4-5,7-10,13-15,32H2. The van der Waals surface area contributed by atoms with Gasteiger partial charge in [-0.15, -0.1) is 0 Å². The van der Waals surface area contributed by atoms with Crippen LogP contribution in [0.2, 0.25) is 10.0 Å². The summed E-state index contributed by atoms with van der Waals surface area (Å²) in [7, 11) is 0. The van der Waals surface area contributed by atoms with Gasteiger partial charge in [0.05, 0.1) is 10.6 Å². The van der Waals surface area contributed by atoms with E-state index in [-0.39, 0.29) is 27.7 Å². The van der Waals surface area contributed by atoms with Gasteiger partial charge in [0.15, 0.2) is 5.82 Å². The van der Waals surface area contributed by atoms with Crippen LogP contribution >= 0.6 is 23.2 Å². The fourth-order valence-corrected chi connectivity index (χ4v) is 7.58. The van der Waals surface area contributed by atoms with Gasteiger partial charge in [0, 0.05) is 52.4 Å². The Kier molecular flexibility index (Phi) is 6.07. The van der Waals surface area contributed by atoms with E-state index < -0.39 is 5.82 Å². The highest BCUT2D eigenvalue weighted by atomic mass is 35.5. The van der Waals surface area contributed by atoms with Gasteiger partial charge in [-0.1, -0.05) is 23.2 Å². The van der Waals surface area contributed by atoms with Gasteiger partial charge in [-0.05, 0) is 75.9 Å². The van der Waals surface area contributed by atoms with Crippen molar-refractivity contribution in [1.29, 1.82) is 0 Å². The lowest BCUT2D eigenvalue weighted by Crippen LogP contribution is -2.51. The number of rotatable bonds is 5. The molecule has 3 N–H and O–H groups in total. The number of piperazine rings is 1. The average Bonchev–Trinajstić information content (AvgIpc) is 3.58. The molecule has 200 valence electrons. The molecule has 2 aromatic carbocycles. The molecule has 7 nitrogen and oxygen atoms in total. The van der Waals surface area contributed by atoms with Crippen LogP contribution in [-0.4, -0.2) is 65.3 Å². The number of aromatic nitrogens is 2. The zero-order valence-electron chi connectivity index (χ0n) is 21.2. The predicted octanol–water partition coefficient (Wildman–Crippen LogP) is 5.27. The van der Waals surface area contributed by atoms with E-state index in [4.69, 9.17) is 38.7 Å². The monoisotopic (exact) mass is 556 g/mol. The average molecular weight is 558 g/mol. The topological polar surface area (TPSA) is 79.5 Å². The van der Waals surface area contributed by atoms with E-state index in [9.17, 15) is 0 Å². The Morgan fingerprint density at radius 2 is 1.79 bits per heavy atom. The van der Waals surface area contributed by atoms with Crippen molar-refractivity contribution in [1.82, 2.24) is 20.2 Å². The molecule has 4 aliphatic heterocycles. The molecule has 10 heteroatoms. The molecule has 38 heavy (non-hydrogen) atoms. The number of anilines is 2. The van der Waals surface area contributed by atoms with E-state index in [1.54, 1.807) is 24.3 Å². The first-order valence-corrected chi connectivity index (χ1v) is 14.3. The van der Waals surface area contributed by atoms with Gasteiger partial charge in [-0.3, -0.25) is 4.90 Å². The van der Waals surface area contributed by atoms with Crippen LogP contribution in [-0.2, 0) is 0 Å². The van der Waals surface area contributed by atoms with Crippen LogP contribution in [0.25, 0.3) is 22.0 Å². The minimum atomic E-state index is -0.548. The minimum Gasteiger partial charge on any atom is -0.461 e. The zero-order chi connectivity index (χ0) is 26.0. The molecule has 0 aliphatic carbocycles. The Bertz CT molecular complexity index is 1400. The third-order valence-electron chi connectivity index (χ3n) is 8.90. The summed E-state index contributed by atoms with van der Waals surface area (Å²) in [4.78, 5) is 14.3. The van der Waals surface area contributed by atoms with Gasteiger partial charge in [-0.2, -0.15) is 9.97 Å². The molecule has 0 radical (unpaired) electrons. The lowest BCUT2D eigenvalue weighted by Gasteiger charge is -2.35. The number of benzene rings is 2. The number of nitrogens with zero attached hydrogens (tertiary/aromatic N) is 4. The molecule has 7 rings (SSSR count). The van der Waals surface area contributed by atoms with Crippen LogP contribution in [0.5, 0.6) is 6.01 Å². The van der Waals surface area contributed by atoms with Gasteiger partial charge in [0.25, 0.3) is 0 Å². The van der Waals surface area contributed by atoms with Gasteiger partial charge in [0.1, 0.15) is 17.9 Å². The molecule has 0 saturated carbocycles. The Balaban J connectivity index is 1.35. The van der Waals surface area contributed by atoms with Gasteiger partial charge < -0.3 is 20.7 Å². The van der Waals surface area contributed by atoms with Gasteiger partial charge >= 0.3 is 6.01 Å². The van der Waals surface area contributed by atoms with Crippen LogP contribution in [0.1, 0.15) is 38.5 Å². The first-order valence-electron chi connectivity index (χ1n) is 13.5. The SMILES string of the molecule is Nc1ccc(Cl)c(-c2c(Cl)cc3c(N4CC5CCC(C4)N5)nc(OCC45CCCN4CCC5)nc3c2F)c1. The van der Waals surface area contributed by atoms with Crippen molar-refractivity contribution in [2.75, 3.05) is 43.4 Å². The number of hydrogen-bond acceptors (Lipinski definition) is 7. The second kappa shape index (κ2) is 9.37. The molecule has 5 heterocycles. The van der Waals surface area contributed by atoms with E-state index in [0.717, 1.165) is 51.9 Å². The Hall–Kier alpha value is -2.39. The molecule has 3 aromatic rings. The zero-order valence-corrected chi connectivity index (χ0v) is 22.7. The Morgan fingerprint density at radius 3 is 2.53 bits per heavy atom. The molecule has 2 bridgehead atoms. The van der Waals surface area contributed by atoms with Crippen LogP contribution in [0.3, 0.4) is 0 Å². The molecule has 0 amide bonds. The normalized spacial score (nSPS) is 24.3. The van der Waals surface area contributed by atoms with Crippen molar-refractivity contribution in [2.24, 2.45) is 0 Å². The summed E-state index contributed by atoms with van der Waals surface area (Å²) >= 11 is 13.2. The van der Waals surface area contributed by atoms with Crippen molar-refractivity contribution in [3.63, 3.8) is 0 Å². The number of fused-ring (bicyclic) bond motifs is 4. The summed E-state index contributed by atoms with van der Waals surface area (Å²) in [5.41, 5.74) is 7.32. The predicted molar refractivity (Wildman–Crippen MR) is 150 cm³/mol. The smallest absolute Gasteiger partial charge is 0.319 e. The third-order valence-corrected chi connectivity index (χ3v) is 9.53. The van der Waals surface area contributed by atoms with Crippen molar-refractivity contribution >= 4 is 45.6 Å². The number of nitrogens with two attached hydrogens (primary N) is 1. The lowest BCUT2D eigenvalue weighted by atomic mass is 9.95. The first kappa shape index (κ1) is 24.6. The van der Waals surface area contributed by atoms with Crippen molar-refractivity contribution in [3.05, 3.63) is 40.1 Å². The summed E-state index contributed by atoms with van der Waals surface area (Å²) in [6.07, 6.45) is 6.81. The van der Waals surface area contributed by atoms with E-state index in [0.29, 0.717) is 46.2 Å². The van der Waals surface area contributed by atoms with Crippen molar-refractivity contribution in [2.45, 2.75) is 56.1 Å². The van der Waals surface area contributed by atoms with Crippen LogP contribution in [0.15, 0.2) is 24.3 Å². The Morgan fingerprint density at radius 1 is 1.05 bits per heavy atom. The third kappa shape index (κ3) is 4.08. The quantitative estimate of drug-likeness (QED) is 0.414. The highest BCUT2D eigenvalue weighted by Crippen LogP contribution is 2.43. The number of nitrogens with one attached hydrogen (secondary N) is 1. The molecule has 2 atom stereocenters. The van der Waals surface area contributed by atoms with E-state index in [1.165, 1.54) is 12.8 Å². The number of ether oxygens (including phenoxy) is 1. The molecule has 2 unspecified atom stereocenters. The largest absolute Gasteiger partial charge is 0.461 e. The maximum absolute atomic E-state index is 16.4. The summed E-state index contributed by atoms with van der Waals surface area (Å²) in [6, 6.07) is 7.70. The van der Waals surface area contributed by atoms with Gasteiger partial charge in [0.2, 0.25) is 0 Å². The molecule has 4 fully saturated rings. The maximum atomic E-state index is 16.4. The first-order chi connectivity index (χ1) is 18.4. The highest BCUT2D eigenvalue weighted by molar-refractivity contribution is 6.37.